The van der Waals surface area contributed by atoms with Crippen LogP contribution in [0.5, 0.6) is 5.75 Å². The summed E-state index contributed by atoms with van der Waals surface area (Å²) in [5.74, 6) is -0.603. The van der Waals surface area contributed by atoms with Gasteiger partial charge in [0, 0.05) is 26.7 Å². The number of rotatable bonds is 6. The van der Waals surface area contributed by atoms with Crippen molar-refractivity contribution in [3.63, 3.8) is 0 Å². The van der Waals surface area contributed by atoms with E-state index in [0.29, 0.717) is 21.9 Å². The Bertz CT molecular complexity index is 1100. The van der Waals surface area contributed by atoms with Gasteiger partial charge in [0.15, 0.2) is 0 Å². The van der Waals surface area contributed by atoms with Gasteiger partial charge in [0.1, 0.15) is 5.75 Å². The number of halogens is 2. The molecule has 150 valence electrons. The number of benzene rings is 3. The molecular formula is C23H16BrClN2O3. The van der Waals surface area contributed by atoms with E-state index in [1.165, 1.54) is 12.3 Å². The third-order valence-electron chi connectivity index (χ3n) is 3.87. The molecule has 0 bridgehead atoms. The Morgan fingerprint density at radius 3 is 2.47 bits per heavy atom. The molecule has 3 aromatic rings. The van der Waals surface area contributed by atoms with Gasteiger partial charge < -0.3 is 4.74 Å². The Morgan fingerprint density at radius 1 is 1.00 bits per heavy atom. The zero-order chi connectivity index (χ0) is 21.3. The number of nitrogens with one attached hydrogen (secondary N) is 1. The SMILES string of the molecule is O=C(C=Cc1ccccc1)Oc1ccc(Br)cc1C=NNC(=O)c1ccc(Cl)cc1. The topological polar surface area (TPSA) is 67.8 Å². The van der Waals surface area contributed by atoms with E-state index in [4.69, 9.17) is 16.3 Å². The maximum atomic E-state index is 12.2. The maximum absolute atomic E-state index is 12.2. The van der Waals surface area contributed by atoms with Crippen molar-refractivity contribution in [2.24, 2.45) is 5.10 Å². The van der Waals surface area contributed by atoms with Crippen molar-refractivity contribution in [2.75, 3.05) is 0 Å². The third kappa shape index (κ3) is 6.40. The van der Waals surface area contributed by atoms with Gasteiger partial charge in [-0.05, 0) is 54.1 Å². The van der Waals surface area contributed by atoms with E-state index < -0.39 is 5.97 Å². The molecule has 0 aromatic heterocycles. The first kappa shape index (κ1) is 21.5. The van der Waals surface area contributed by atoms with Crippen LogP contribution in [0.1, 0.15) is 21.5 Å². The Morgan fingerprint density at radius 2 is 1.73 bits per heavy atom. The molecule has 0 saturated heterocycles. The maximum Gasteiger partial charge on any atom is 0.336 e. The zero-order valence-corrected chi connectivity index (χ0v) is 17.9. The fraction of sp³-hybridized carbons (Fsp3) is 0. The molecule has 0 heterocycles. The van der Waals surface area contributed by atoms with Gasteiger partial charge in [-0.2, -0.15) is 5.10 Å². The van der Waals surface area contributed by atoms with Crippen LogP contribution in [-0.2, 0) is 4.79 Å². The standard InChI is InChI=1S/C23H16BrClN2O3/c24-19-9-12-21(30-22(28)13-6-16-4-2-1-3-5-16)18(14-19)15-26-27-23(29)17-7-10-20(25)11-8-17/h1-15H,(H,27,29). The fourth-order valence-corrected chi connectivity index (χ4v) is 2.91. The average Bonchev–Trinajstić information content (AvgIpc) is 2.75. The first-order valence-electron chi connectivity index (χ1n) is 8.85. The van der Waals surface area contributed by atoms with Crippen LogP contribution in [0.25, 0.3) is 6.08 Å². The van der Waals surface area contributed by atoms with Crippen molar-refractivity contribution in [1.82, 2.24) is 5.43 Å². The van der Waals surface area contributed by atoms with Crippen LogP contribution in [0.4, 0.5) is 0 Å². The summed E-state index contributed by atoms with van der Waals surface area (Å²) in [6, 6.07) is 21.0. The van der Waals surface area contributed by atoms with Crippen molar-refractivity contribution in [3.05, 3.63) is 105 Å². The zero-order valence-electron chi connectivity index (χ0n) is 15.6. The summed E-state index contributed by atoms with van der Waals surface area (Å²) < 4.78 is 6.18. The van der Waals surface area contributed by atoms with E-state index in [1.54, 1.807) is 48.5 Å². The lowest BCUT2D eigenvalue weighted by molar-refractivity contribution is -0.128. The number of hydrogen-bond acceptors (Lipinski definition) is 4. The highest BCUT2D eigenvalue weighted by atomic mass is 79.9. The quantitative estimate of drug-likeness (QED) is 0.166. The van der Waals surface area contributed by atoms with Crippen molar-refractivity contribution in [2.45, 2.75) is 0 Å². The molecule has 0 unspecified atom stereocenters. The largest absolute Gasteiger partial charge is 0.423 e. The molecular weight excluding hydrogens is 468 g/mol. The van der Waals surface area contributed by atoms with E-state index in [9.17, 15) is 9.59 Å². The lowest BCUT2D eigenvalue weighted by Gasteiger charge is -2.06. The van der Waals surface area contributed by atoms with E-state index in [1.807, 2.05) is 30.3 Å². The summed E-state index contributed by atoms with van der Waals surface area (Å²) in [5, 5.41) is 4.49. The van der Waals surface area contributed by atoms with Crippen molar-refractivity contribution < 1.29 is 14.3 Å². The van der Waals surface area contributed by atoms with Crippen molar-refractivity contribution >= 4 is 51.7 Å². The summed E-state index contributed by atoms with van der Waals surface area (Å²) in [6.45, 7) is 0. The van der Waals surface area contributed by atoms with Gasteiger partial charge in [-0.15, -0.1) is 0 Å². The Hall–Kier alpha value is -3.22. The van der Waals surface area contributed by atoms with Gasteiger partial charge in [0.05, 0.1) is 6.21 Å². The summed E-state index contributed by atoms with van der Waals surface area (Å²) >= 11 is 9.19. The molecule has 1 N–H and O–H groups in total. The summed E-state index contributed by atoms with van der Waals surface area (Å²) in [7, 11) is 0. The minimum Gasteiger partial charge on any atom is -0.423 e. The summed E-state index contributed by atoms with van der Waals surface area (Å²) in [4.78, 5) is 24.3. The Labute approximate surface area is 187 Å². The lowest BCUT2D eigenvalue weighted by atomic mass is 10.2. The number of ether oxygens (including phenoxy) is 1. The monoisotopic (exact) mass is 482 g/mol. The number of hydrazone groups is 1. The molecule has 5 nitrogen and oxygen atoms in total. The molecule has 0 aliphatic carbocycles. The highest BCUT2D eigenvalue weighted by molar-refractivity contribution is 9.10. The van der Waals surface area contributed by atoms with Gasteiger partial charge in [-0.25, -0.2) is 10.2 Å². The van der Waals surface area contributed by atoms with Crippen LogP contribution < -0.4 is 10.2 Å². The van der Waals surface area contributed by atoms with Crippen LogP contribution in [0.2, 0.25) is 5.02 Å². The van der Waals surface area contributed by atoms with E-state index in [2.05, 4.69) is 26.5 Å². The normalized spacial score (nSPS) is 11.0. The molecule has 1 amide bonds. The second-order valence-corrected chi connectivity index (χ2v) is 7.41. The molecule has 0 fully saturated rings. The number of hydrogen-bond donors (Lipinski definition) is 1. The molecule has 3 rings (SSSR count). The first-order valence-corrected chi connectivity index (χ1v) is 10.0. The van der Waals surface area contributed by atoms with Gasteiger partial charge in [-0.3, -0.25) is 4.79 Å². The van der Waals surface area contributed by atoms with E-state index in [0.717, 1.165) is 10.0 Å². The van der Waals surface area contributed by atoms with Crippen LogP contribution in [0.3, 0.4) is 0 Å². The van der Waals surface area contributed by atoms with Gasteiger partial charge in [0.25, 0.3) is 5.91 Å². The van der Waals surface area contributed by atoms with E-state index in [-0.39, 0.29) is 5.91 Å². The number of nitrogens with zero attached hydrogens (tertiary/aromatic N) is 1. The van der Waals surface area contributed by atoms with Crippen molar-refractivity contribution in [1.29, 1.82) is 0 Å². The molecule has 0 radical (unpaired) electrons. The molecule has 0 spiro atoms. The van der Waals surface area contributed by atoms with Gasteiger partial charge in [0.2, 0.25) is 0 Å². The second kappa shape index (κ2) is 10.5. The molecule has 0 atom stereocenters. The predicted molar refractivity (Wildman–Crippen MR) is 122 cm³/mol. The molecule has 0 aliphatic heterocycles. The molecule has 7 heteroatoms. The smallest absolute Gasteiger partial charge is 0.336 e. The first-order chi connectivity index (χ1) is 14.5. The van der Waals surface area contributed by atoms with Crippen molar-refractivity contribution in [3.8, 4) is 5.75 Å². The van der Waals surface area contributed by atoms with Crippen LogP contribution in [-0.4, -0.2) is 18.1 Å². The highest BCUT2D eigenvalue weighted by Crippen LogP contribution is 2.22. The van der Waals surface area contributed by atoms with E-state index >= 15 is 0 Å². The number of carbonyl (C=O) groups excluding carboxylic acids is 2. The third-order valence-corrected chi connectivity index (χ3v) is 4.62. The average molecular weight is 484 g/mol. The van der Waals surface area contributed by atoms with Crippen LogP contribution in [0, 0.1) is 0 Å². The molecule has 3 aromatic carbocycles. The molecule has 30 heavy (non-hydrogen) atoms. The van der Waals surface area contributed by atoms with Crippen LogP contribution >= 0.6 is 27.5 Å². The van der Waals surface area contributed by atoms with Gasteiger partial charge >= 0.3 is 5.97 Å². The summed E-state index contributed by atoms with van der Waals surface area (Å²) in [5.41, 5.74) is 4.25. The fourth-order valence-electron chi connectivity index (χ4n) is 2.41. The predicted octanol–water partition coefficient (Wildman–Crippen LogP) is 5.49. The summed E-state index contributed by atoms with van der Waals surface area (Å²) in [6.07, 6.45) is 4.42. The van der Waals surface area contributed by atoms with Crippen LogP contribution in [0.15, 0.2) is 88.4 Å². The minimum atomic E-state index is -0.527. The lowest BCUT2D eigenvalue weighted by Crippen LogP contribution is -2.17. The number of carbonyl (C=O) groups is 2. The Balaban J connectivity index is 1.67. The molecule has 0 aliphatic rings. The number of esters is 1. The minimum absolute atomic E-state index is 0.311. The second-order valence-electron chi connectivity index (χ2n) is 6.05. The molecule has 0 saturated carbocycles. The van der Waals surface area contributed by atoms with Gasteiger partial charge in [-0.1, -0.05) is 57.9 Å². The highest BCUT2D eigenvalue weighted by Gasteiger charge is 2.08. The Kier molecular flexibility index (Phi) is 7.54. The number of amides is 1.